The van der Waals surface area contributed by atoms with Crippen LogP contribution in [0.15, 0.2) is 41.4 Å². The number of benzene rings is 2. The average Bonchev–Trinajstić information content (AvgIpc) is 3.06. The second-order valence-corrected chi connectivity index (χ2v) is 8.44. The molecular formula is C24H30N2O3S. The van der Waals surface area contributed by atoms with Gasteiger partial charge in [-0.1, -0.05) is 31.1 Å². The number of thiazole rings is 1. The minimum absolute atomic E-state index is 0.251. The summed E-state index contributed by atoms with van der Waals surface area (Å²) in [4.78, 5) is 17.9. The molecule has 5 nitrogen and oxygen atoms in total. The summed E-state index contributed by atoms with van der Waals surface area (Å²) < 4.78 is 14.2. The van der Waals surface area contributed by atoms with E-state index in [1.165, 1.54) is 28.9 Å². The molecule has 0 unspecified atom stereocenters. The van der Waals surface area contributed by atoms with Crippen LogP contribution < -0.4 is 9.54 Å². The van der Waals surface area contributed by atoms with Crippen molar-refractivity contribution in [2.24, 2.45) is 4.99 Å². The van der Waals surface area contributed by atoms with Gasteiger partial charge in [0.1, 0.15) is 5.75 Å². The van der Waals surface area contributed by atoms with Crippen LogP contribution in [0.1, 0.15) is 47.7 Å². The molecule has 0 N–H and O–H groups in total. The van der Waals surface area contributed by atoms with Crippen LogP contribution in [0.4, 0.5) is 0 Å². The zero-order valence-electron chi connectivity index (χ0n) is 18.2. The summed E-state index contributed by atoms with van der Waals surface area (Å²) in [6.45, 7) is 8.27. The van der Waals surface area contributed by atoms with E-state index in [2.05, 4.69) is 42.5 Å². The molecule has 0 spiro atoms. The van der Waals surface area contributed by atoms with Gasteiger partial charge in [-0.05, 0) is 67.8 Å². The third kappa shape index (κ3) is 5.37. The van der Waals surface area contributed by atoms with E-state index in [1.54, 1.807) is 19.2 Å². The molecule has 0 aliphatic rings. The van der Waals surface area contributed by atoms with E-state index in [1.807, 2.05) is 12.1 Å². The van der Waals surface area contributed by atoms with E-state index in [-0.39, 0.29) is 5.91 Å². The third-order valence-corrected chi connectivity index (χ3v) is 6.17. The molecule has 3 aromatic rings. The number of unbranched alkanes of at least 4 members (excludes halogenated alkanes) is 2. The van der Waals surface area contributed by atoms with Gasteiger partial charge in [-0.25, -0.2) is 0 Å². The van der Waals surface area contributed by atoms with Crippen molar-refractivity contribution >= 4 is 27.5 Å². The highest BCUT2D eigenvalue weighted by Gasteiger charge is 2.11. The molecular weight excluding hydrogens is 396 g/mol. The van der Waals surface area contributed by atoms with Crippen LogP contribution in [-0.2, 0) is 11.3 Å². The Hall–Kier alpha value is -2.44. The predicted molar refractivity (Wildman–Crippen MR) is 123 cm³/mol. The Bertz CT molecular complexity index is 1060. The minimum atomic E-state index is -0.251. The first kappa shape index (κ1) is 22.2. The summed E-state index contributed by atoms with van der Waals surface area (Å²) in [5.41, 5.74) is 4.09. The molecule has 0 saturated carbocycles. The molecule has 0 bridgehead atoms. The topological polar surface area (TPSA) is 52.8 Å². The molecule has 0 radical (unpaired) electrons. The van der Waals surface area contributed by atoms with E-state index >= 15 is 0 Å². The van der Waals surface area contributed by atoms with Crippen LogP contribution in [0.25, 0.3) is 10.2 Å². The fourth-order valence-electron chi connectivity index (χ4n) is 3.19. The molecule has 0 saturated heterocycles. The van der Waals surface area contributed by atoms with E-state index in [9.17, 15) is 4.79 Å². The molecule has 160 valence electrons. The number of aryl methyl sites for hydroxylation is 2. The van der Waals surface area contributed by atoms with Gasteiger partial charge in [0, 0.05) is 19.2 Å². The van der Waals surface area contributed by atoms with Crippen LogP contribution in [0, 0.1) is 13.8 Å². The summed E-state index contributed by atoms with van der Waals surface area (Å²) in [5, 5.41) is 0. The highest BCUT2D eigenvalue weighted by Crippen LogP contribution is 2.22. The first-order valence-corrected chi connectivity index (χ1v) is 11.3. The zero-order valence-corrected chi connectivity index (χ0v) is 19.1. The maximum Gasteiger partial charge on any atom is 0.279 e. The zero-order chi connectivity index (χ0) is 21.5. The Kier molecular flexibility index (Phi) is 7.82. The van der Waals surface area contributed by atoms with E-state index in [4.69, 9.17) is 9.47 Å². The normalized spacial score (nSPS) is 11.9. The van der Waals surface area contributed by atoms with Gasteiger partial charge in [0.25, 0.3) is 5.91 Å². The predicted octanol–water partition coefficient (Wildman–Crippen LogP) is 5.28. The fourth-order valence-corrected chi connectivity index (χ4v) is 4.33. The van der Waals surface area contributed by atoms with Crippen molar-refractivity contribution < 1.29 is 14.3 Å². The fraction of sp³-hybridized carbons (Fsp3) is 0.417. The molecule has 0 atom stereocenters. The lowest BCUT2D eigenvalue weighted by molar-refractivity contribution is 0.0997. The van der Waals surface area contributed by atoms with Gasteiger partial charge in [-0.2, -0.15) is 4.99 Å². The number of nitrogens with zero attached hydrogens (tertiary/aromatic N) is 2. The summed E-state index contributed by atoms with van der Waals surface area (Å²) in [7, 11) is 1.68. The lowest BCUT2D eigenvalue weighted by Crippen LogP contribution is -2.19. The number of hydrogen-bond donors (Lipinski definition) is 0. The van der Waals surface area contributed by atoms with Crippen molar-refractivity contribution in [3.05, 3.63) is 57.9 Å². The summed E-state index contributed by atoms with van der Waals surface area (Å²) in [5.74, 6) is 0.532. The second-order valence-electron chi connectivity index (χ2n) is 7.43. The molecule has 0 aliphatic carbocycles. The van der Waals surface area contributed by atoms with Gasteiger partial charge in [-0.3, -0.25) is 4.79 Å². The molecule has 30 heavy (non-hydrogen) atoms. The molecule has 3 rings (SSSR count). The number of ether oxygens (including phenoxy) is 2. The van der Waals surface area contributed by atoms with Gasteiger partial charge < -0.3 is 14.0 Å². The van der Waals surface area contributed by atoms with Crippen molar-refractivity contribution in [3.63, 3.8) is 0 Å². The number of aromatic nitrogens is 1. The van der Waals surface area contributed by atoms with E-state index in [0.717, 1.165) is 28.8 Å². The van der Waals surface area contributed by atoms with E-state index in [0.29, 0.717) is 30.1 Å². The Labute approximate surface area is 182 Å². The second kappa shape index (κ2) is 10.5. The highest BCUT2D eigenvalue weighted by atomic mass is 32.1. The number of hydrogen-bond acceptors (Lipinski definition) is 4. The maximum absolute atomic E-state index is 12.8. The van der Waals surface area contributed by atoms with Crippen LogP contribution >= 0.6 is 11.3 Å². The van der Waals surface area contributed by atoms with Crippen molar-refractivity contribution in [1.29, 1.82) is 0 Å². The molecule has 0 fully saturated rings. The first-order chi connectivity index (χ1) is 14.5. The van der Waals surface area contributed by atoms with Crippen molar-refractivity contribution in [2.45, 2.75) is 46.6 Å². The highest BCUT2D eigenvalue weighted by molar-refractivity contribution is 7.16. The average molecular weight is 427 g/mol. The summed E-state index contributed by atoms with van der Waals surface area (Å²) in [6, 6.07) is 11.6. The SMILES string of the molecule is CCCCCOc1ccc(C(=O)N=c2sc3cc(C)c(C)cc3n2CCOC)cc1. The van der Waals surface area contributed by atoms with Gasteiger partial charge in [-0.15, -0.1) is 0 Å². The molecule has 1 amide bonds. The van der Waals surface area contributed by atoms with Gasteiger partial charge in [0.15, 0.2) is 4.80 Å². The van der Waals surface area contributed by atoms with Crippen LogP contribution in [0.3, 0.4) is 0 Å². The number of carbonyl (C=O) groups is 1. The monoisotopic (exact) mass is 426 g/mol. The van der Waals surface area contributed by atoms with E-state index < -0.39 is 0 Å². The molecule has 1 heterocycles. The third-order valence-electron chi connectivity index (χ3n) is 5.13. The molecule has 2 aromatic carbocycles. The van der Waals surface area contributed by atoms with Crippen molar-refractivity contribution in [1.82, 2.24) is 4.57 Å². The Morgan fingerprint density at radius 3 is 2.50 bits per heavy atom. The lowest BCUT2D eigenvalue weighted by Gasteiger charge is -2.06. The summed E-state index contributed by atoms with van der Waals surface area (Å²) in [6.07, 6.45) is 3.37. The van der Waals surface area contributed by atoms with Crippen LogP contribution in [0.5, 0.6) is 5.75 Å². The van der Waals surface area contributed by atoms with Crippen molar-refractivity contribution in [2.75, 3.05) is 20.3 Å². The molecule has 0 aliphatic heterocycles. The smallest absolute Gasteiger partial charge is 0.279 e. The van der Waals surface area contributed by atoms with Crippen LogP contribution in [0.2, 0.25) is 0 Å². The standard InChI is InChI=1S/C24H30N2O3S/c1-5-6-7-13-29-20-10-8-19(9-11-20)23(27)25-24-26(12-14-28-4)21-15-17(2)18(3)16-22(21)30-24/h8-11,15-16H,5-7,12-14H2,1-4H3. The molecule has 1 aromatic heterocycles. The number of rotatable bonds is 9. The number of amides is 1. The molecule has 6 heteroatoms. The van der Waals surface area contributed by atoms with Crippen LogP contribution in [-0.4, -0.2) is 30.8 Å². The largest absolute Gasteiger partial charge is 0.494 e. The van der Waals surface area contributed by atoms with Gasteiger partial charge in [0.05, 0.1) is 23.4 Å². The quantitative estimate of drug-likeness (QED) is 0.438. The Morgan fingerprint density at radius 2 is 1.80 bits per heavy atom. The Balaban J connectivity index is 1.87. The number of methoxy groups -OCH3 is 1. The number of carbonyl (C=O) groups excluding carboxylic acids is 1. The summed E-state index contributed by atoms with van der Waals surface area (Å²) >= 11 is 1.53. The van der Waals surface area contributed by atoms with Gasteiger partial charge in [0.2, 0.25) is 0 Å². The Morgan fingerprint density at radius 1 is 1.07 bits per heavy atom. The maximum atomic E-state index is 12.8. The lowest BCUT2D eigenvalue weighted by atomic mass is 10.1. The number of fused-ring (bicyclic) bond motifs is 1. The van der Waals surface area contributed by atoms with Crippen molar-refractivity contribution in [3.8, 4) is 5.75 Å². The minimum Gasteiger partial charge on any atom is -0.494 e. The first-order valence-electron chi connectivity index (χ1n) is 10.4. The van der Waals surface area contributed by atoms with Gasteiger partial charge >= 0.3 is 0 Å².